The van der Waals surface area contributed by atoms with E-state index in [1.54, 1.807) is 48.5 Å². The maximum absolute atomic E-state index is 14.0. The first-order valence-electron chi connectivity index (χ1n) is 13.8. The lowest BCUT2D eigenvalue weighted by Crippen LogP contribution is -2.33. The minimum Gasteiger partial charge on any atom is -0.372 e. The molecule has 0 aliphatic carbocycles. The van der Waals surface area contributed by atoms with E-state index in [4.69, 9.17) is 0 Å². The molecule has 0 radical (unpaired) electrons. The molecular formula is C33H35N3O3S. The van der Waals surface area contributed by atoms with Crippen molar-refractivity contribution in [1.29, 1.82) is 0 Å². The lowest BCUT2D eigenvalue weighted by atomic mass is 10.1. The monoisotopic (exact) mass is 553 g/mol. The maximum Gasteiger partial charge on any atom is 0.264 e. The zero-order valence-corrected chi connectivity index (χ0v) is 23.6. The summed E-state index contributed by atoms with van der Waals surface area (Å²) in [6, 6.07) is 31.4. The fourth-order valence-corrected chi connectivity index (χ4v) is 6.50. The molecule has 206 valence electrons. The summed E-state index contributed by atoms with van der Waals surface area (Å²) in [5.41, 5.74) is 4.63. The van der Waals surface area contributed by atoms with Gasteiger partial charge in [-0.2, -0.15) is 0 Å². The third-order valence-electron chi connectivity index (χ3n) is 7.31. The minimum absolute atomic E-state index is 0.0965. The average molecular weight is 554 g/mol. The number of rotatable bonds is 9. The molecule has 0 unspecified atom stereocenters. The number of carbonyl (C=O) groups excluding carboxylic acids is 1. The maximum atomic E-state index is 14.0. The zero-order chi connectivity index (χ0) is 28.0. The van der Waals surface area contributed by atoms with Crippen LogP contribution in [0.5, 0.6) is 0 Å². The molecule has 6 nitrogen and oxygen atoms in total. The Morgan fingerprint density at radius 2 is 1.43 bits per heavy atom. The number of anilines is 2. The van der Waals surface area contributed by atoms with Gasteiger partial charge < -0.3 is 10.2 Å². The van der Waals surface area contributed by atoms with Gasteiger partial charge in [-0.25, -0.2) is 8.42 Å². The lowest BCUT2D eigenvalue weighted by molar-refractivity contribution is 0.0951. The van der Waals surface area contributed by atoms with Gasteiger partial charge in [0, 0.05) is 25.3 Å². The second-order valence-corrected chi connectivity index (χ2v) is 12.1. The van der Waals surface area contributed by atoms with E-state index in [2.05, 4.69) is 22.3 Å². The van der Waals surface area contributed by atoms with Gasteiger partial charge in [0.2, 0.25) is 0 Å². The predicted octanol–water partition coefficient (Wildman–Crippen LogP) is 6.31. The van der Waals surface area contributed by atoms with Crippen LogP contribution in [0.25, 0.3) is 0 Å². The van der Waals surface area contributed by atoms with Crippen LogP contribution in [0.1, 0.15) is 46.3 Å². The molecule has 1 amide bonds. The van der Waals surface area contributed by atoms with Gasteiger partial charge in [0.15, 0.2) is 0 Å². The van der Waals surface area contributed by atoms with E-state index in [-0.39, 0.29) is 17.3 Å². The summed E-state index contributed by atoms with van der Waals surface area (Å²) < 4.78 is 29.2. The number of sulfonamides is 1. The predicted molar refractivity (Wildman–Crippen MR) is 161 cm³/mol. The SMILES string of the molecule is Cc1ccc(S(=O)(=O)N(Cc2ccccc2)c2ccccc2C(=O)NCc2ccc(N3CCCCC3)cc2)cc1. The van der Waals surface area contributed by atoms with Crippen LogP contribution in [0.15, 0.2) is 108 Å². The molecule has 0 saturated carbocycles. The molecule has 0 bridgehead atoms. The number of para-hydroxylation sites is 1. The summed E-state index contributed by atoms with van der Waals surface area (Å²) in [4.78, 5) is 16.1. The molecule has 1 aliphatic rings. The topological polar surface area (TPSA) is 69.7 Å². The van der Waals surface area contributed by atoms with Crippen LogP contribution in [-0.2, 0) is 23.1 Å². The molecule has 0 aromatic heterocycles. The highest BCUT2D eigenvalue weighted by Crippen LogP contribution is 2.30. The van der Waals surface area contributed by atoms with Gasteiger partial charge in [0.05, 0.1) is 22.7 Å². The molecule has 4 aromatic rings. The number of carbonyl (C=O) groups is 1. The van der Waals surface area contributed by atoms with Gasteiger partial charge in [-0.05, 0) is 73.7 Å². The second-order valence-electron chi connectivity index (χ2n) is 10.2. The number of nitrogens with zero attached hydrogens (tertiary/aromatic N) is 2. The Balaban J connectivity index is 1.40. The smallest absolute Gasteiger partial charge is 0.264 e. The number of piperidine rings is 1. The lowest BCUT2D eigenvalue weighted by Gasteiger charge is -2.29. The van der Waals surface area contributed by atoms with E-state index < -0.39 is 10.0 Å². The Kier molecular flexibility index (Phi) is 8.51. The molecule has 1 saturated heterocycles. The minimum atomic E-state index is -3.96. The fourth-order valence-electron chi connectivity index (χ4n) is 5.02. The van der Waals surface area contributed by atoms with Crippen molar-refractivity contribution in [2.45, 2.75) is 44.2 Å². The Morgan fingerprint density at radius 1 is 0.775 bits per heavy atom. The number of hydrogen-bond acceptors (Lipinski definition) is 4. The molecule has 0 spiro atoms. The quantitative estimate of drug-likeness (QED) is 0.264. The van der Waals surface area contributed by atoms with Crippen molar-refractivity contribution in [3.8, 4) is 0 Å². The van der Waals surface area contributed by atoms with E-state index in [9.17, 15) is 13.2 Å². The number of aryl methyl sites for hydroxylation is 1. The van der Waals surface area contributed by atoms with Crippen molar-refractivity contribution < 1.29 is 13.2 Å². The van der Waals surface area contributed by atoms with Crippen molar-refractivity contribution >= 4 is 27.3 Å². The first-order valence-corrected chi connectivity index (χ1v) is 15.2. The fraction of sp³-hybridized carbons (Fsp3) is 0.242. The van der Waals surface area contributed by atoms with Crippen LogP contribution >= 0.6 is 0 Å². The van der Waals surface area contributed by atoms with Gasteiger partial charge in [-0.1, -0.05) is 72.3 Å². The first-order chi connectivity index (χ1) is 19.4. The highest BCUT2D eigenvalue weighted by atomic mass is 32.2. The molecule has 7 heteroatoms. The summed E-state index contributed by atoms with van der Waals surface area (Å²) in [7, 11) is -3.96. The van der Waals surface area contributed by atoms with Crippen molar-refractivity contribution in [2.24, 2.45) is 0 Å². The van der Waals surface area contributed by atoms with Crippen molar-refractivity contribution in [3.05, 3.63) is 125 Å². The van der Waals surface area contributed by atoms with Gasteiger partial charge in [0.25, 0.3) is 15.9 Å². The van der Waals surface area contributed by atoms with Crippen LogP contribution in [-0.4, -0.2) is 27.4 Å². The summed E-state index contributed by atoms with van der Waals surface area (Å²) in [6.45, 7) is 4.52. The summed E-state index contributed by atoms with van der Waals surface area (Å²) in [5, 5.41) is 3.00. The number of benzene rings is 4. The summed E-state index contributed by atoms with van der Waals surface area (Å²) >= 11 is 0. The highest BCUT2D eigenvalue weighted by molar-refractivity contribution is 7.92. The zero-order valence-electron chi connectivity index (χ0n) is 22.8. The number of hydrogen-bond donors (Lipinski definition) is 1. The van der Waals surface area contributed by atoms with Gasteiger partial charge in [-0.3, -0.25) is 9.10 Å². The first kappa shape index (κ1) is 27.5. The molecule has 1 aliphatic heterocycles. The Hall–Kier alpha value is -4.10. The van der Waals surface area contributed by atoms with Crippen molar-refractivity contribution in [3.63, 3.8) is 0 Å². The molecule has 1 heterocycles. The molecule has 1 N–H and O–H groups in total. The Bertz CT molecular complexity index is 1530. The van der Waals surface area contributed by atoms with E-state index in [1.807, 2.05) is 49.4 Å². The van der Waals surface area contributed by atoms with E-state index in [1.165, 1.54) is 29.3 Å². The average Bonchev–Trinajstić information content (AvgIpc) is 3.00. The molecule has 40 heavy (non-hydrogen) atoms. The molecule has 1 fully saturated rings. The standard InChI is InChI=1S/C33H35N3O3S/c1-26-14-20-30(21-15-26)40(38,39)36(25-28-10-4-2-5-11-28)32-13-7-6-12-31(32)33(37)34-24-27-16-18-29(19-17-27)35-22-8-3-9-23-35/h2,4-7,10-21H,3,8-9,22-25H2,1H3,(H,34,37). The van der Waals surface area contributed by atoms with Crippen LogP contribution in [0, 0.1) is 6.92 Å². The molecule has 4 aromatic carbocycles. The summed E-state index contributed by atoms with van der Waals surface area (Å²) in [5.74, 6) is -0.326. The van der Waals surface area contributed by atoms with Gasteiger partial charge >= 0.3 is 0 Å². The number of amides is 1. The van der Waals surface area contributed by atoms with Gasteiger partial charge in [0.1, 0.15) is 0 Å². The van der Waals surface area contributed by atoms with Crippen molar-refractivity contribution in [2.75, 3.05) is 22.3 Å². The Labute approximate surface area is 237 Å². The largest absolute Gasteiger partial charge is 0.372 e. The normalized spacial score (nSPS) is 13.6. The van der Waals surface area contributed by atoms with Crippen molar-refractivity contribution in [1.82, 2.24) is 5.32 Å². The third kappa shape index (κ3) is 6.37. The van der Waals surface area contributed by atoms with E-state index >= 15 is 0 Å². The van der Waals surface area contributed by atoms with Crippen LogP contribution < -0.4 is 14.5 Å². The third-order valence-corrected chi connectivity index (χ3v) is 9.08. The van der Waals surface area contributed by atoms with Crippen LogP contribution in [0.4, 0.5) is 11.4 Å². The van der Waals surface area contributed by atoms with Crippen LogP contribution in [0.2, 0.25) is 0 Å². The molecule has 0 atom stereocenters. The van der Waals surface area contributed by atoms with Gasteiger partial charge in [-0.15, -0.1) is 0 Å². The molecule has 5 rings (SSSR count). The summed E-state index contributed by atoms with van der Waals surface area (Å²) in [6.07, 6.45) is 3.73. The second kappa shape index (κ2) is 12.4. The van der Waals surface area contributed by atoms with Crippen LogP contribution in [0.3, 0.4) is 0 Å². The Morgan fingerprint density at radius 3 is 2.12 bits per heavy atom. The van der Waals surface area contributed by atoms with E-state index in [0.29, 0.717) is 17.8 Å². The number of nitrogens with one attached hydrogen (secondary N) is 1. The highest BCUT2D eigenvalue weighted by Gasteiger charge is 2.28. The van der Waals surface area contributed by atoms with E-state index in [0.717, 1.165) is 29.8 Å². The molecular weight excluding hydrogens is 518 g/mol.